The molecule has 0 bridgehead atoms. The maximum Gasteiger partial charge on any atom is 0.295 e. The summed E-state index contributed by atoms with van der Waals surface area (Å²) in [5, 5.41) is 20.7. The quantitative estimate of drug-likeness (QED) is 0.667. The maximum absolute atomic E-state index is 11.6. The van der Waals surface area contributed by atoms with Crippen molar-refractivity contribution in [1.82, 2.24) is 15.7 Å². The lowest BCUT2D eigenvalue weighted by molar-refractivity contribution is 0.0945. The van der Waals surface area contributed by atoms with Gasteiger partial charge < -0.3 is 5.11 Å². The van der Waals surface area contributed by atoms with E-state index in [1.807, 2.05) is 0 Å². The number of carbonyl (C=O) groups excluding carboxylic acids is 1. The van der Waals surface area contributed by atoms with E-state index in [1.54, 1.807) is 6.92 Å². The van der Waals surface area contributed by atoms with Crippen LogP contribution in [0.5, 0.6) is 5.75 Å². The Morgan fingerprint density at radius 3 is 2.85 bits per heavy atom. The average molecular weight is 315 g/mol. The number of hydrazone groups is 1. The minimum Gasteiger partial charge on any atom is -0.506 e. The summed E-state index contributed by atoms with van der Waals surface area (Å²) >= 11 is 11.5. The zero-order chi connectivity index (χ0) is 14.7. The van der Waals surface area contributed by atoms with Gasteiger partial charge in [-0.15, -0.1) is 0 Å². The first-order valence-electron chi connectivity index (χ1n) is 5.29. The molecule has 0 aliphatic carbocycles. The van der Waals surface area contributed by atoms with Gasteiger partial charge in [-0.05, 0) is 24.2 Å². The number of phenols is 1. The molecule has 2 N–H and O–H groups in total. The number of nitrogens with zero attached hydrogens (tertiary/aromatic N) is 3. The monoisotopic (exact) mass is 314 g/mol. The van der Waals surface area contributed by atoms with Crippen LogP contribution in [0.4, 0.5) is 0 Å². The second kappa shape index (κ2) is 5.89. The Hall–Kier alpha value is -2.12. The van der Waals surface area contributed by atoms with Gasteiger partial charge in [0, 0.05) is 10.6 Å². The Kier molecular flexibility index (Phi) is 4.21. The number of nitrogens with one attached hydrogen (secondary N) is 1. The molecule has 7 nitrogen and oxygen atoms in total. The molecule has 0 aliphatic heterocycles. The van der Waals surface area contributed by atoms with Crippen molar-refractivity contribution < 1.29 is 14.5 Å². The lowest BCUT2D eigenvalue weighted by Gasteiger charge is -2.02. The topological polar surface area (TPSA) is 101 Å². The van der Waals surface area contributed by atoms with Crippen LogP contribution in [0.25, 0.3) is 0 Å². The molecule has 9 heteroatoms. The molecule has 0 radical (unpaired) electrons. The van der Waals surface area contributed by atoms with E-state index in [-0.39, 0.29) is 22.0 Å². The predicted octanol–water partition coefficient (Wildman–Crippen LogP) is 2.15. The number of amides is 1. The summed E-state index contributed by atoms with van der Waals surface area (Å²) in [6.07, 6.45) is 1.20. The van der Waals surface area contributed by atoms with E-state index < -0.39 is 5.91 Å². The minimum absolute atomic E-state index is 0.0236. The van der Waals surface area contributed by atoms with Gasteiger partial charge in [0.2, 0.25) is 0 Å². The number of aromatic hydroxyl groups is 1. The van der Waals surface area contributed by atoms with E-state index in [4.69, 9.17) is 23.2 Å². The Balaban J connectivity index is 2.11. The van der Waals surface area contributed by atoms with Gasteiger partial charge in [0.25, 0.3) is 5.91 Å². The van der Waals surface area contributed by atoms with Crippen molar-refractivity contribution in [1.29, 1.82) is 0 Å². The summed E-state index contributed by atoms with van der Waals surface area (Å²) in [4.78, 5) is 11.6. The fraction of sp³-hybridized carbons (Fsp3) is 0.0909. The van der Waals surface area contributed by atoms with Gasteiger partial charge in [-0.2, -0.15) is 5.10 Å². The first-order valence-corrected chi connectivity index (χ1v) is 6.05. The predicted molar refractivity (Wildman–Crippen MR) is 72.2 cm³/mol. The van der Waals surface area contributed by atoms with Crippen LogP contribution in [0.1, 0.15) is 21.7 Å². The number of phenolic OH excluding ortho intramolecular Hbond substituents is 1. The standard InChI is InChI=1S/C11H8Cl2N4O3/c1-5-9(17-20-16-5)11(19)15-14-4-6-2-7(12)3-8(13)10(6)18/h2-4,18H,1H3,(H,15,19). The molecule has 0 saturated heterocycles. The largest absolute Gasteiger partial charge is 0.506 e. The molecule has 1 amide bonds. The van der Waals surface area contributed by atoms with Crippen molar-refractivity contribution in [3.05, 3.63) is 39.1 Å². The summed E-state index contributed by atoms with van der Waals surface area (Å²) in [5.74, 6) is -0.777. The highest BCUT2D eigenvalue weighted by Gasteiger charge is 2.14. The first kappa shape index (κ1) is 14.3. The Morgan fingerprint density at radius 1 is 1.45 bits per heavy atom. The smallest absolute Gasteiger partial charge is 0.295 e. The molecule has 0 unspecified atom stereocenters. The zero-order valence-electron chi connectivity index (χ0n) is 10.1. The fourth-order valence-corrected chi connectivity index (χ4v) is 1.84. The van der Waals surface area contributed by atoms with Gasteiger partial charge in [-0.25, -0.2) is 10.1 Å². The van der Waals surface area contributed by atoms with Gasteiger partial charge in [0.15, 0.2) is 5.69 Å². The number of rotatable bonds is 3. The van der Waals surface area contributed by atoms with Crippen LogP contribution in [-0.4, -0.2) is 27.5 Å². The highest BCUT2D eigenvalue weighted by atomic mass is 35.5. The van der Waals surface area contributed by atoms with Crippen LogP contribution in [0, 0.1) is 6.92 Å². The molecule has 1 heterocycles. The second-order valence-corrected chi connectivity index (χ2v) is 4.57. The van der Waals surface area contributed by atoms with Crippen LogP contribution >= 0.6 is 23.2 Å². The fourth-order valence-electron chi connectivity index (χ4n) is 1.34. The van der Waals surface area contributed by atoms with Crippen LogP contribution < -0.4 is 5.43 Å². The summed E-state index contributed by atoms with van der Waals surface area (Å²) in [7, 11) is 0. The van der Waals surface area contributed by atoms with Gasteiger partial charge in [0.1, 0.15) is 11.4 Å². The average Bonchev–Trinajstić information content (AvgIpc) is 2.81. The summed E-state index contributed by atoms with van der Waals surface area (Å²) in [6.45, 7) is 1.57. The third-order valence-electron chi connectivity index (χ3n) is 2.30. The number of halogens is 2. The summed E-state index contributed by atoms with van der Waals surface area (Å²) in [6, 6.07) is 2.83. The van der Waals surface area contributed by atoms with Crippen molar-refractivity contribution in [3.63, 3.8) is 0 Å². The highest BCUT2D eigenvalue weighted by Crippen LogP contribution is 2.29. The number of hydrogen-bond acceptors (Lipinski definition) is 6. The Morgan fingerprint density at radius 2 is 2.20 bits per heavy atom. The lowest BCUT2D eigenvalue weighted by Crippen LogP contribution is -2.19. The zero-order valence-corrected chi connectivity index (χ0v) is 11.6. The van der Waals surface area contributed by atoms with Crippen LogP contribution in [0.2, 0.25) is 10.0 Å². The Labute approximate surface area is 123 Å². The third-order valence-corrected chi connectivity index (χ3v) is 2.80. The van der Waals surface area contributed by atoms with Crippen LogP contribution in [0.15, 0.2) is 21.9 Å². The molecule has 0 fully saturated rings. The SMILES string of the molecule is Cc1nonc1C(=O)NN=Cc1cc(Cl)cc(Cl)c1O. The van der Waals surface area contributed by atoms with Crippen molar-refractivity contribution in [2.45, 2.75) is 6.92 Å². The van der Waals surface area contributed by atoms with Crippen LogP contribution in [0.3, 0.4) is 0 Å². The van der Waals surface area contributed by atoms with E-state index in [9.17, 15) is 9.90 Å². The number of hydrogen-bond donors (Lipinski definition) is 2. The number of aromatic nitrogens is 2. The summed E-state index contributed by atoms with van der Waals surface area (Å²) < 4.78 is 4.39. The van der Waals surface area contributed by atoms with E-state index in [1.165, 1.54) is 18.3 Å². The normalized spacial score (nSPS) is 10.9. The molecule has 0 saturated carbocycles. The lowest BCUT2D eigenvalue weighted by atomic mass is 10.2. The molecule has 0 atom stereocenters. The Bertz CT molecular complexity index is 684. The summed E-state index contributed by atoms with van der Waals surface area (Å²) in [5.41, 5.74) is 2.84. The van der Waals surface area contributed by atoms with Gasteiger partial charge >= 0.3 is 0 Å². The number of aryl methyl sites for hydroxylation is 1. The number of carbonyl (C=O) groups is 1. The molecular formula is C11H8Cl2N4O3. The highest BCUT2D eigenvalue weighted by molar-refractivity contribution is 6.36. The van der Waals surface area contributed by atoms with Gasteiger partial charge in [-0.3, -0.25) is 4.79 Å². The molecule has 104 valence electrons. The van der Waals surface area contributed by atoms with Crippen molar-refractivity contribution in [2.75, 3.05) is 0 Å². The minimum atomic E-state index is -0.590. The van der Waals surface area contributed by atoms with Crippen molar-refractivity contribution in [2.24, 2.45) is 5.10 Å². The van der Waals surface area contributed by atoms with E-state index in [2.05, 4.69) is 25.5 Å². The molecule has 1 aromatic heterocycles. The second-order valence-electron chi connectivity index (χ2n) is 3.72. The number of benzene rings is 1. The first-order chi connectivity index (χ1) is 9.49. The van der Waals surface area contributed by atoms with E-state index in [0.717, 1.165) is 0 Å². The third kappa shape index (κ3) is 3.06. The molecular weight excluding hydrogens is 307 g/mol. The van der Waals surface area contributed by atoms with E-state index >= 15 is 0 Å². The molecule has 0 spiro atoms. The van der Waals surface area contributed by atoms with Crippen LogP contribution in [-0.2, 0) is 0 Å². The van der Waals surface area contributed by atoms with Gasteiger partial charge in [-0.1, -0.05) is 28.4 Å². The van der Waals surface area contributed by atoms with Crippen molar-refractivity contribution in [3.8, 4) is 5.75 Å². The molecule has 20 heavy (non-hydrogen) atoms. The molecule has 0 aliphatic rings. The molecule has 2 rings (SSSR count). The van der Waals surface area contributed by atoms with Crippen molar-refractivity contribution >= 4 is 35.3 Å². The van der Waals surface area contributed by atoms with E-state index in [0.29, 0.717) is 10.7 Å². The van der Waals surface area contributed by atoms with Gasteiger partial charge in [0.05, 0.1) is 11.2 Å². The molecule has 1 aromatic carbocycles. The maximum atomic E-state index is 11.6. The molecule has 2 aromatic rings.